The molecule has 0 aromatic rings. The van der Waals surface area contributed by atoms with Crippen LogP contribution in [0.1, 0.15) is 40.0 Å². The molecule has 0 bridgehead atoms. The van der Waals surface area contributed by atoms with E-state index in [0.717, 1.165) is 6.42 Å². The first-order valence-electron chi connectivity index (χ1n) is 7.04. The van der Waals surface area contributed by atoms with Gasteiger partial charge < -0.3 is 15.7 Å². The van der Waals surface area contributed by atoms with E-state index in [4.69, 9.17) is 5.73 Å². The number of hydrogen-bond acceptors (Lipinski definition) is 3. The molecular weight excluding hydrogens is 258 g/mol. The van der Waals surface area contributed by atoms with Gasteiger partial charge in [0.1, 0.15) is 0 Å². The summed E-state index contributed by atoms with van der Waals surface area (Å²) in [4.78, 5) is 26.7. The first-order valence-corrected chi connectivity index (χ1v) is 7.04. The van der Waals surface area contributed by atoms with Gasteiger partial charge in [0.2, 0.25) is 5.91 Å². The van der Waals surface area contributed by atoms with E-state index in [9.17, 15) is 14.7 Å². The fraction of sp³-hybridized carbons (Fsp3) is 0.857. The van der Waals surface area contributed by atoms with Crippen LogP contribution < -0.4 is 5.73 Å². The summed E-state index contributed by atoms with van der Waals surface area (Å²) in [5.41, 5.74) is 5.59. The summed E-state index contributed by atoms with van der Waals surface area (Å²) in [5, 5.41) is 9.49. The zero-order valence-corrected chi connectivity index (χ0v) is 13.1. The molecule has 1 saturated carbocycles. The number of nitrogens with two attached hydrogens (primary N) is 1. The highest BCUT2D eigenvalue weighted by molar-refractivity contribution is 5.78. The molecule has 3 atom stereocenters. The van der Waals surface area contributed by atoms with E-state index in [2.05, 4.69) is 0 Å². The Morgan fingerprint density at radius 3 is 2.15 bits per heavy atom. The molecule has 20 heavy (non-hydrogen) atoms. The van der Waals surface area contributed by atoms with E-state index < -0.39 is 11.6 Å². The van der Waals surface area contributed by atoms with Gasteiger partial charge in [-0.3, -0.25) is 9.69 Å². The van der Waals surface area contributed by atoms with Crippen LogP contribution in [0.2, 0.25) is 0 Å². The zero-order valence-electron chi connectivity index (χ0n) is 13.1. The lowest BCUT2D eigenvalue weighted by Gasteiger charge is -2.45. The number of rotatable bonds is 2. The van der Waals surface area contributed by atoms with Crippen LogP contribution in [-0.2, 0) is 4.79 Å². The zero-order chi connectivity index (χ0) is 15.7. The normalized spacial score (nSPS) is 27.0. The van der Waals surface area contributed by atoms with Crippen molar-refractivity contribution in [1.82, 2.24) is 9.80 Å². The van der Waals surface area contributed by atoms with Crippen LogP contribution in [0.3, 0.4) is 0 Å². The molecule has 0 spiro atoms. The van der Waals surface area contributed by atoms with Crippen molar-refractivity contribution in [3.8, 4) is 0 Å². The summed E-state index contributed by atoms with van der Waals surface area (Å²) in [6.45, 7) is 5.56. The lowest BCUT2D eigenvalue weighted by Crippen LogP contribution is -2.60. The molecule has 1 fully saturated rings. The van der Waals surface area contributed by atoms with Crippen LogP contribution >= 0.6 is 0 Å². The van der Waals surface area contributed by atoms with Crippen molar-refractivity contribution < 1.29 is 14.7 Å². The van der Waals surface area contributed by atoms with E-state index in [1.807, 2.05) is 20.8 Å². The molecule has 1 aliphatic carbocycles. The van der Waals surface area contributed by atoms with Crippen molar-refractivity contribution in [2.45, 2.75) is 57.7 Å². The maximum atomic E-state index is 12.1. The number of amides is 2. The third-order valence-corrected chi connectivity index (χ3v) is 3.92. The average molecular weight is 285 g/mol. The predicted molar refractivity (Wildman–Crippen MR) is 77.4 cm³/mol. The van der Waals surface area contributed by atoms with Crippen LogP contribution in [0.25, 0.3) is 0 Å². The Balaban J connectivity index is 2.96. The number of nitrogens with zero attached hydrogens (tertiary/aromatic N) is 2. The van der Waals surface area contributed by atoms with Gasteiger partial charge in [-0.2, -0.15) is 0 Å². The highest BCUT2D eigenvalue weighted by Gasteiger charge is 2.41. The molecule has 0 aromatic carbocycles. The van der Waals surface area contributed by atoms with E-state index in [0.29, 0.717) is 12.8 Å². The number of carbonyl (C=O) groups excluding carboxylic acids is 1. The minimum atomic E-state index is -0.976. The van der Waals surface area contributed by atoms with Gasteiger partial charge in [-0.1, -0.05) is 0 Å². The van der Waals surface area contributed by atoms with Crippen molar-refractivity contribution in [3.05, 3.63) is 0 Å². The van der Waals surface area contributed by atoms with Gasteiger partial charge in [-0.05, 0) is 40.0 Å². The Bertz CT molecular complexity index is 376. The van der Waals surface area contributed by atoms with E-state index in [-0.39, 0.29) is 23.9 Å². The Morgan fingerprint density at radius 2 is 1.75 bits per heavy atom. The van der Waals surface area contributed by atoms with E-state index in [1.165, 1.54) is 4.90 Å². The Morgan fingerprint density at radius 1 is 1.20 bits per heavy atom. The van der Waals surface area contributed by atoms with Gasteiger partial charge in [-0.25, -0.2) is 4.79 Å². The first-order chi connectivity index (χ1) is 9.05. The van der Waals surface area contributed by atoms with Gasteiger partial charge in [0, 0.05) is 31.6 Å². The van der Waals surface area contributed by atoms with Crippen LogP contribution in [0.5, 0.6) is 0 Å². The third kappa shape index (κ3) is 3.62. The van der Waals surface area contributed by atoms with Crippen molar-refractivity contribution in [2.75, 3.05) is 14.1 Å². The van der Waals surface area contributed by atoms with E-state index in [1.54, 1.807) is 19.0 Å². The fourth-order valence-corrected chi connectivity index (χ4v) is 2.98. The highest BCUT2D eigenvalue weighted by Crippen LogP contribution is 2.32. The number of carboxylic acid groups (broad SMARTS) is 1. The van der Waals surface area contributed by atoms with Gasteiger partial charge >= 0.3 is 6.09 Å². The monoisotopic (exact) mass is 285 g/mol. The molecule has 0 radical (unpaired) electrons. The molecular formula is C14H27N3O3. The summed E-state index contributed by atoms with van der Waals surface area (Å²) in [5.74, 6) is -0.0832. The SMILES string of the molecule is CN(C)C(=O)[C@H]1CC[C@H](N)[C@H](N(C(=O)O)C(C)(C)C)C1. The molecule has 0 heterocycles. The standard InChI is InChI=1S/C14H27N3O3/c1-14(2,3)17(13(19)20)11-8-9(6-7-10(11)15)12(18)16(4)5/h9-11H,6-8,15H2,1-5H3,(H,19,20)/t9-,10-,11+/m0/s1. The Labute approximate surface area is 120 Å². The highest BCUT2D eigenvalue weighted by atomic mass is 16.4. The topological polar surface area (TPSA) is 86.9 Å². The quantitative estimate of drug-likeness (QED) is 0.801. The minimum Gasteiger partial charge on any atom is -0.465 e. The molecule has 116 valence electrons. The molecule has 0 saturated heterocycles. The van der Waals surface area contributed by atoms with Crippen molar-refractivity contribution in [1.29, 1.82) is 0 Å². The molecule has 6 nitrogen and oxygen atoms in total. The molecule has 1 rings (SSSR count). The molecule has 0 aliphatic heterocycles. The predicted octanol–water partition coefficient (Wildman–Crippen LogP) is 1.35. The third-order valence-electron chi connectivity index (χ3n) is 3.92. The summed E-state index contributed by atoms with van der Waals surface area (Å²) < 4.78 is 0. The van der Waals surface area contributed by atoms with Gasteiger partial charge in [0.15, 0.2) is 0 Å². The van der Waals surface area contributed by atoms with Gasteiger partial charge in [-0.15, -0.1) is 0 Å². The van der Waals surface area contributed by atoms with Gasteiger partial charge in [0.25, 0.3) is 0 Å². The second-order valence-electron chi connectivity index (χ2n) is 6.80. The number of hydrogen-bond donors (Lipinski definition) is 2. The molecule has 0 unspecified atom stereocenters. The lowest BCUT2D eigenvalue weighted by atomic mass is 9.80. The average Bonchev–Trinajstić information content (AvgIpc) is 2.28. The molecule has 0 aromatic heterocycles. The van der Waals surface area contributed by atoms with Crippen molar-refractivity contribution in [3.63, 3.8) is 0 Å². The second-order valence-corrected chi connectivity index (χ2v) is 6.80. The Hall–Kier alpha value is -1.30. The second kappa shape index (κ2) is 5.99. The van der Waals surface area contributed by atoms with Crippen LogP contribution in [0.15, 0.2) is 0 Å². The molecule has 2 amide bonds. The van der Waals surface area contributed by atoms with Gasteiger partial charge in [0.05, 0.1) is 6.04 Å². The maximum Gasteiger partial charge on any atom is 0.408 e. The molecule has 1 aliphatic rings. The van der Waals surface area contributed by atoms with Crippen LogP contribution in [0.4, 0.5) is 4.79 Å². The lowest BCUT2D eigenvalue weighted by molar-refractivity contribution is -0.135. The summed E-state index contributed by atoms with van der Waals surface area (Å²) in [7, 11) is 3.45. The van der Waals surface area contributed by atoms with Crippen LogP contribution in [-0.4, -0.2) is 58.6 Å². The Kier molecular flexibility index (Phi) is 5.02. The van der Waals surface area contributed by atoms with Crippen molar-refractivity contribution >= 4 is 12.0 Å². The fourth-order valence-electron chi connectivity index (χ4n) is 2.98. The minimum absolute atomic E-state index is 0.0566. The van der Waals surface area contributed by atoms with Crippen molar-refractivity contribution in [2.24, 2.45) is 11.7 Å². The largest absolute Gasteiger partial charge is 0.465 e. The summed E-state index contributed by atoms with van der Waals surface area (Å²) in [6.07, 6.45) is 0.930. The summed E-state index contributed by atoms with van der Waals surface area (Å²) in [6, 6.07) is -0.522. The smallest absolute Gasteiger partial charge is 0.408 e. The molecule has 3 N–H and O–H groups in total. The number of carbonyl (C=O) groups is 2. The van der Waals surface area contributed by atoms with Crippen LogP contribution in [0, 0.1) is 5.92 Å². The first kappa shape index (κ1) is 16.8. The van der Waals surface area contributed by atoms with E-state index >= 15 is 0 Å². The maximum absolute atomic E-state index is 12.1. The molecule has 6 heteroatoms. The summed E-state index contributed by atoms with van der Waals surface area (Å²) >= 11 is 0.